The fourth-order valence-corrected chi connectivity index (χ4v) is 6.40. The van der Waals surface area contributed by atoms with E-state index in [0.29, 0.717) is 6.42 Å². The van der Waals surface area contributed by atoms with Gasteiger partial charge in [0.25, 0.3) is 15.9 Å². The third-order valence-corrected chi connectivity index (χ3v) is 8.36. The van der Waals surface area contributed by atoms with E-state index < -0.39 is 15.9 Å². The van der Waals surface area contributed by atoms with Gasteiger partial charge < -0.3 is 4.74 Å². The van der Waals surface area contributed by atoms with Crippen molar-refractivity contribution < 1.29 is 17.9 Å². The van der Waals surface area contributed by atoms with Gasteiger partial charge in [0.05, 0.1) is 5.56 Å². The van der Waals surface area contributed by atoms with E-state index in [1.165, 1.54) is 11.5 Å². The Bertz CT molecular complexity index is 1270. The SMILES string of the molecule is O=C1c2ccccc2S(=O)(=O)N1CCCCCN1CCC(Oc2cccc3ccccc23)C1. The van der Waals surface area contributed by atoms with Gasteiger partial charge in [0.1, 0.15) is 16.7 Å². The fraction of sp³-hybridized carbons (Fsp3) is 0.346. The van der Waals surface area contributed by atoms with Crippen LogP contribution in [0.1, 0.15) is 36.0 Å². The molecule has 1 unspecified atom stereocenters. The van der Waals surface area contributed by atoms with Crippen LogP contribution in [-0.4, -0.2) is 55.8 Å². The third-order valence-electron chi connectivity index (χ3n) is 6.52. The summed E-state index contributed by atoms with van der Waals surface area (Å²) in [6.07, 6.45) is 3.70. The van der Waals surface area contributed by atoms with Crippen molar-refractivity contribution in [3.8, 4) is 5.75 Å². The van der Waals surface area contributed by atoms with Crippen molar-refractivity contribution in [1.82, 2.24) is 9.21 Å². The van der Waals surface area contributed by atoms with Gasteiger partial charge in [0.15, 0.2) is 0 Å². The Morgan fingerprint density at radius 3 is 2.52 bits per heavy atom. The smallest absolute Gasteiger partial charge is 0.269 e. The minimum atomic E-state index is -3.69. The van der Waals surface area contributed by atoms with Gasteiger partial charge in [0.2, 0.25) is 0 Å². The lowest BCUT2D eigenvalue weighted by Gasteiger charge is -2.18. The fourth-order valence-electron chi connectivity index (χ4n) is 4.79. The van der Waals surface area contributed by atoms with Crippen molar-refractivity contribution in [2.75, 3.05) is 26.2 Å². The molecule has 1 saturated heterocycles. The molecule has 2 aliphatic rings. The maximum atomic E-state index is 12.6. The summed E-state index contributed by atoms with van der Waals surface area (Å²) < 4.78 is 32.6. The molecule has 0 spiro atoms. The molecule has 0 saturated carbocycles. The number of hydrogen-bond acceptors (Lipinski definition) is 5. The first kappa shape index (κ1) is 21.9. The quantitative estimate of drug-likeness (QED) is 0.465. The molecule has 2 aliphatic heterocycles. The molecule has 7 heteroatoms. The van der Waals surface area contributed by atoms with Gasteiger partial charge in [-0.3, -0.25) is 9.69 Å². The zero-order valence-corrected chi connectivity index (χ0v) is 19.3. The molecular weight excluding hydrogens is 436 g/mol. The molecule has 0 aliphatic carbocycles. The summed E-state index contributed by atoms with van der Waals surface area (Å²) in [5.74, 6) is 0.538. The van der Waals surface area contributed by atoms with Gasteiger partial charge in [0, 0.05) is 25.0 Å². The zero-order valence-electron chi connectivity index (χ0n) is 18.5. The highest BCUT2D eigenvalue weighted by Gasteiger charge is 2.40. The van der Waals surface area contributed by atoms with E-state index in [0.717, 1.165) is 54.3 Å². The monoisotopic (exact) mass is 464 g/mol. The topological polar surface area (TPSA) is 66.9 Å². The van der Waals surface area contributed by atoms with Crippen LogP contribution < -0.4 is 4.74 Å². The van der Waals surface area contributed by atoms with Crippen molar-refractivity contribution in [3.63, 3.8) is 0 Å². The van der Waals surface area contributed by atoms with Crippen molar-refractivity contribution in [3.05, 3.63) is 72.3 Å². The summed E-state index contributed by atoms with van der Waals surface area (Å²) in [5.41, 5.74) is 0.284. The Morgan fingerprint density at radius 1 is 0.879 bits per heavy atom. The second-order valence-electron chi connectivity index (χ2n) is 8.75. The van der Waals surface area contributed by atoms with E-state index in [-0.39, 0.29) is 23.1 Å². The third kappa shape index (κ3) is 4.35. The van der Waals surface area contributed by atoms with E-state index in [1.54, 1.807) is 18.2 Å². The highest BCUT2D eigenvalue weighted by Crippen LogP contribution is 2.30. The number of unbranched alkanes of at least 4 members (excludes halogenated alkanes) is 2. The van der Waals surface area contributed by atoms with Crippen molar-refractivity contribution in [1.29, 1.82) is 0 Å². The number of likely N-dealkylation sites (tertiary alicyclic amines) is 1. The number of benzene rings is 3. The highest BCUT2D eigenvalue weighted by atomic mass is 32.2. The van der Waals surface area contributed by atoms with Crippen LogP contribution in [0.2, 0.25) is 0 Å². The number of carbonyl (C=O) groups is 1. The molecule has 0 aromatic heterocycles. The first-order valence-electron chi connectivity index (χ1n) is 11.6. The summed E-state index contributed by atoms with van der Waals surface area (Å²) in [5, 5.41) is 2.33. The van der Waals surface area contributed by atoms with Crippen LogP contribution in [-0.2, 0) is 10.0 Å². The molecular formula is C26H28N2O4S. The van der Waals surface area contributed by atoms with Gasteiger partial charge in [-0.1, -0.05) is 55.0 Å². The van der Waals surface area contributed by atoms with Gasteiger partial charge >= 0.3 is 0 Å². The molecule has 1 atom stereocenters. The molecule has 0 bridgehead atoms. The van der Waals surface area contributed by atoms with Gasteiger partial charge in [-0.15, -0.1) is 0 Å². The Labute approximate surface area is 194 Å². The van der Waals surface area contributed by atoms with Crippen LogP contribution >= 0.6 is 0 Å². The molecule has 5 rings (SSSR count). The molecule has 1 amide bonds. The van der Waals surface area contributed by atoms with Crippen LogP contribution in [0.25, 0.3) is 10.8 Å². The lowest BCUT2D eigenvalue weighted by atomic mass is 10.1. The summed E-state index contributed by atoms with van der Waals surface area (Å²) in [7, 11) is -3.69. The Hall–Kier alpha value is -2.90. The first-order chi connectivity index (χ1) is 16.0. The number of sulfonamides is 1. The molecule has 2 heterocycles. The summed E-state index contributed by atoms with van der Waals surface area (Å²) in [6.45, 7) is 3.10. The highest BCUT2D eigenvalue weighted by molar-refractivity contribution is 7.90. The zero-order chi connectivity index (χ0) is 22.8. The first-order valence-corrected chi connectivity index (χ1v) is 13.0. The standard InChI is InChI=1S/C26H28N2O4S/c29-26-23-12-4-5-14-25(23)33(30,31)28(26)17-7-1-6-16-27-18-15-21(19-27)32-24-13-8-10-20-9-2-3-11-22(20)24/h2-5,8-14,21H,1,6-7,15-19H2. The number of carbonyl (C=O) groups excluding carboxylic acids is 1. The molecule has 3 aromatic carbocycles. The second kappa shape index (κ2) is 9.15. The summed E-state index contributed by atoms with van der Waals surface area (Å²) >= 11 is 0. The van der Waals surface area contributed by atoms with Crippen LogP contribution in [0.15, 0.2) is 71.6 Å². The predicted molar refractivity (Wildman–Crippen MR) is 128 cm³/mol. The van der Waals surface area contributed by atoms with Gasteiger partial charge in [-0.25, -0.2) is 12.7 Å². The number of ether oxygens (including phenoxy) is 1. The average Bonchev–Trinajstić information content (AvgIpc) is 3.35. The normalized spacial score (nSPS) is 19.8. The minimum absolute atomic E-state index is 0.129. The molecule has 0 N–H and O–H groups in total. The predicted octanol–water partition coefficient (Wildman–Crippen LogP) is 4.31. The van der Waals surface area contributed by atoms with Crippen molar-refractivity contribution in [2.45, 2.75) is 36.7 Å². The summed E-state index contributed by atoms with van der Waals surface area (Å²) in [4.78, 5) is 15.0. The molecule has 0 radical (unpaired) electrons. The van der Waals surface area contributed by atoms with Crippen molar-refractivity contribution in [2.24, 2.45) is 0 Å². The van der Waals surface area contributed by atoms with Crippen LogP contribution in [0.5, 0.6) is 5.75 Å². The second-order valence-corrected chi connectivity index (χ2v) is 10.6. The molecule has 3 aromatic rings. The van der Waals surface area contributed by atoms with Crippen molar-refractivity contribution >= 4 is 26.7 Å². The van der Waals surface area contributed by atoms with E-state index in [9.17, 15) is 13.2 Å². The van der Waals surface area contributed by atoms with Crippen LogP contribution in [0.4, 0.5) is 0 Å². The summed E-state index contributed by atoms with van der Waals surface area (Å²) in [6, 6.07) is 20.9. The Kier molecular flexibility index (Phi) is 6.08. The number of fused-ring (bicyclic) bond motifs is 2. The van der Waals surface area contributed by atoms with E-state index in [1.807, 2.05) is 24.3 Å². The lowest BCUT2D eigenvalue weighted by Crippen LogP contribution is -2.31. The average molecular weight is 465 g/mol. The largest absolute Gasteiger partial charge is 0.488 e. The minimum Gasteiger partial charge on any atom is -0.488 e. The maximum absolute atomic E-state index is 12.6. The van der Waals surface area contributed by atoms with Crippen LogP contribution in [0.3, 0.4) is 0 Å². The Balaban J connectivity index is 1.07. The van der Waals surface area contributed by atoms with E-state index in [2.05, 4.69) is 23.1 Å². The maximum Gasteiger partial charge on any atom is 0.269 e. The van der Waals surface area contributed by atoms with E-state index in [4.69, 9.17) is 4.74 Å². The number of amides is 1. The lowest BCUT2D eigenvalue weighted by molar-refractivity contribution is 0.0869. The number of rotatable bonds is 8. The number of hydrogen-bond donors (Lipinski definition) is 0. The van der Waals surface area contributed by atoms with E-state index >= 15 is 0 Å². The Morgan fingerprint density at radius 2 is 1.64 bits per heavy atom. The molecule has 1 fully saturated rings. The van der Waals surface area contributed by atoms with Crippen LogP contribution in [0, 0.1) is 0 Å². The number of nitrogens with zero attached hydrogens (tertiary/aromatic N) is 2. The molecule has 172 valence electrons. The molecule has 33 heavy (non-hydrogen) atoms. The molecule has 6 nitrogen and oxygen atoms in total. The van der Waals surface area contributed by atoms with Gasteiger partial charge in [-0.05, 0) is 49.4 Å². The van der Waals surface area contributed by atoms with Gasteiger partial charge in [-0.2, -0.15) is 0 Å².